The average Bonchev–Trinajstić information content (AvgIpc) is 2.51. The van der Waals surface area contributed by atoms with Crippen LogP contribution in [0.5, 0.6) is 0 Å². The first kappa shape index (κ1) is 18.7. The van der Waals surface area contributed by atoms with Crippen LogP contribution in [0.3, 0.4) is 0 Å². The van der Waals surface area contributed by atoms with Crippen molar-refractivity contribution in [2.45, 2.75) is 78.6 Å². The van der Waals surface area contributed by atoms with Crippen molar-refractivity contribution >= 4 is 12.1 Å². The SMILES string of the molecule is CC12CC3CC(C)(C1)CC(C(=O)N/N=C/c1ccc(C(C)(C)C)cc1)(C3)C2. The van der Waals surface area contributed by atoms with E-state index >= 15 is 0 Å². The van der Waals surface area contributed by atoms with Gasteiger partial charge >= 0.3 is 0 Å². The normalized spacial score (nSPS) is 37.7. The van der Waals surface area contributed by atoms with E-state index in [1.807, 2.05) is 0 Å². The van der Waals surface area contributed by atoms with E-state index in [4.69, 9.17) is 0 Å². The molecule has 27 heavy (non-hydrogen) atoms. The Morgan fingerprint density at radius 3 is 2.15 bits per heavy atom. The van der Waals surface area contributed by atoms with Crippen LogP contribution in [-0.2, 0) is 10.2 Å². The maximum Gasteiger partial charge on any atom is 0.246 e. The predicted molar refractivity (Wildman–Crippen MR) is 111 cm³/mol. The Balaban J connectivity index is 1.45. The summed E-state index contributed by atoms with van der Waals surface area (Å²) in [5, 5.41) is 4.31. The van der Waals surface area contributed by atoms with Gasteiger partial charge in [-0.25, -0.2) is 5.43 Å². The Morgan fingerprint density at radius 2 is 1.63 bits per heavy atom. The second kappa shape index (κ2) is 5.93. The van der Waals surface area contributed by atoms with E-state index < -0.39 is 0 Å². The molecule has 4 aliphatic rings. The van der Waals surface area contributed by atoms with Crippen LogP contribution in [0.2, 0.25) is 0 Å². The quantitative estimate of drug-likeness (QED) is 0.562. The fourth-order valence-electron chi connectivity index (χ4n) is 7.05. The lowest BCUT2D eigenvalue weighted by molar-refractivity contribution is -0.170. The van der Waals surface area contributed by atoms with Gasteiger partial charge in [-0.1, -0.05) is 58.9 Å². The Labute approximate surface area is 164 Å². The number of benzene rings is 1. The van der Waals surface area contributed by atoms with Gasteiger partial charge in [0, 0.05) is 0 Å². The highest BCUT2D eigenvalue weighted by molar-refractivity contribution is 5.86. The molecule has 0 spiro atoms. The van der Waals surface area contributed by atoms with E-state index in [-0.39, 0.29) is 16.7 Å². The largest absolute Gasteiger partial charge is 0.273 e. The van der Waals surface area contributed by atoms with Crippen molar-refractivity contribution in [2.75, 3.05) is 0 Å². The highest BCUT2D eigenvalue weighted by Crippen LogP contribution is 2.69. The van der Waals surface area contributed by atoms with Gasteiger partial charge in [0.2, 0.25) is 5.91 Å². The molecule has 1 N–H and O–H groups in total. The maximum atomic E-state index is 13.1. The predicted octanol–water partition coefficient (Wildman–Crippen LogP) is 5.43. The van der Waals surface area contributed by atoms with Crippen LogP contribution in [0.1, 0.15) is 84.3 Å². The molecule has 4 aliphatic carbocycles. The van der Waals surface area contributed by atoms with Crippen molar-refractivity contribution in [2.24, 2.45) is 27.3 Å². The standard InChI is InChI=1S/C24H34N2O/c1-21(2,3)19-8-6-17(7-9-19)13-25-26-20(27)24-12-18-10-22(4,15-24)14-23(5,11-18)16-24/h6-9,13,18H,10-12,14-16H2,1-5H3,(H,26,27)/b25-13+. The molecule has 146 valence electrons. The van der Waals surface area contributed by atoms with Gasteiger partial charge in [-0.05, 0) is 71.8 Å². The van der Waals surface area contributed by atoms with E-state index in [9.17, 15) is 4.79 Å². The molecule has 4 fully saturated rings. The highest BCUT2D eigenvalue weighted by Gasteiger charge is 2.62. The van der Waals surface area contributed by atoms with E-state index in [1.165, 1.54) is 24.8 Å². The van der Waals surface area contributed by atoms with Gasteiger partial charge in [0.15, 0.2) is 0 Å². The van der Waals surface area contributed by atoms with E-state index in [0.29, 0.717) is 10.8 Å². The van der Waals surface area contributed by atoms with Gasteiger partial charge < -0.3 is 0 Å². The smallest absolute Gasteiger partial charge is 0.246 e. The molecule has 1 aromatic carbocycles. The first-order valence-corrected chi connectivity index (χ1v) is 10.5. The van der Waals surface area contributed by atoms with Crippen molar-refractivity contribution in [3.05, 3.63) is 35.4 Å². The summed E-state index contributed by atoms with van der Waals surface area (Å²) in [7, 11) is 0. The third-order valence-electron chi connectivity index (χ3n) is 7.26. The Kier molecular flexibility index (Phi) is 4.11. The van der Waals surface area contributed by atoms with Gasteiger partial charge in [0.25, 0.3) is 0 Å². The second-order valence-electron chi connectivity index (χ2n) is 11.5. The molecule has 0 radical (unpaired) electrons. The molecule has 2 unspecified atom stereocenters. The van der Waals surface area contributed by atoms with Crippen molar-refractivity contribution in [3.8, 4) is 0 Å². The van der Waals surface area contributed by atoms with Gasteiger partial charge in [-0.15, -0.1) is 0 Å². The second-order valence-corrected chi connectivity index (χ2v) is 11.5. The molecule has 0 aliphatic heterocycles. The number of nitrogens with zero attached hydrogens (tertiary/aromatic N) is 1. The van der Waals surface area contributed by atoms with Crippen molar-refractivity contribution < 1.29 is 4.79 Å². The summed E-state index contributed by atoms with van der Waals surface area (Å²) in [6.45, 7) is 11.4. The van der Waals surface area contributed by atoms with Crippen LogP contribution in [0.25, 0.3) is 0 Å². The molecular weight excluding hydrogens is 332 g/mol. The third-order valence-corrected chi connectivity index (χ3v) is 7.26. The van der Waals surface area contributed by atoms with Gasteiger partial charge in [0.1, 0.15) is 0 Å². The lowest BCUT2D eigenvalue weighted by Crippen LogP contribution is -2.59. The highest BCUT2D eigenvalue weighted by atomic mass is 16.2. The number of hydrazone groups is 1. The molecule has 5 rings (SSSR count). The number of carbonyl (C=O) groups excluding carboxylic acids is 1. The summed E-state index contributed by atoms with van der Waals surface area (Å²) in [5.74, 6) is 0.863. The van der Waals surface area contributed by atoms with E-state index in [0.717, 1.165) is 30.7 Å². The Hall–Kier alpha value is -1.64. The minimum atomic E-state index is -0.198. The summed E-state index contributed by atoms with van der Waals surface area (Å²) < 4.78 is 0. The topological polar surface area (TPSA) is 41.5 Å². The van der Waals surface area contributed by atoms with Gasteiger partial charge in [-0.2, -0.15) is 5.10 Å². The number of nitrogens with one attached hydrogen (secondary N) is 1. The number of carbonyl (C=O) groups is 1. The summed E-state index contributed by atoms with van der Waals surface area (Å²) in [5.41, 5.74) is 5.86. The van der Waals surface area contributed by atoms with Crippen molar-refractivity contribution in [1.82, 2.24) is 5.43 Å². The lowest BCUT2D eigenvalue weighted by atomic mass is 9.40. The summed E-state index contributed by atoms with van der Waals surface area (Å²) in [4.78, 5) is 13.1. The minimum Gasteiger partial charge on any atom is -0.273 e. The Bertz CT molecular complexity index is 753. The Morgan fingerprint density at radius 1 is 1.04 bits per heavy atom. The van der Waals surface area contributed by atoms with Crippen LogP contribution in [0.15, 0.2) is 29.4 Å². The molecule has 0 heterocycles. The zero-order chi connectivity index (χ0) is 19.5. The monoisotopic (exact) mass is 366 g/mol. The molecule has 3 nitrogen and oxygen atoms in total. The fourth-order valence-corrected chi connectivity index (χ4v) is 7.05. The van der Waals surface area contributed by atoms with Crippen LogP contribution in [0, 0.1) is 22.2 Å². The van der Waals surface area contributed by atoms with Gasteiger partial charge in [0.05, 0.1) is 11.6 Å². The molecule has 1 amide bonds. The molecule has 3 heteroatoms. The van der Waals surface area contributed by atoms with E-state index in [2.05, 4.69) is 69.4 Å². The molecule has 1 aromatic rings. The minimum absolute atomic E-state index is 0.145. The number of amides is 1. The summed E-state index contributed by atoms with van der Waals surface area (Å²) >= 11 is 0. The van der Waals surface area contributed by atoms with Crippen LogP contribution < -0.4 is 5.43 Å². The summed E-state index contributed by atoms with van der Waals surface area (Å²) in [6, 6.07) is 8.43. The maximum absolute atomic E-state index is 13.1. The fraction of sp³-hybridized carbons (Fsp3) is 0.667. The van der Waals surface area contributed by atoms with Crippen LogP contribution in [0.4, 0.5) is 0 Å². The molecule has 0 saturated heterocycles. The van der Waals surface area contributed by atoms with Gasteiger partial charge in [-0.3, -0.25) is 4.79 Å². The van der Waals surface area contributed by atoms with Crippen LogP contribution in [-0.4, -0.2) is 12.1 Å². The molecule has 4 bridgehead atoms. The average molecular weight is 367 g/mol. The first-order valence-electron chi connectivity index (χ1n) is 10.5. The molecular formula is C24H34N2O. The summed E-state index contributed by atoms with van der Waals surface area (Å²) in [6.07, 6.45) is 8.80. The van der Waals surface area contributed by atoms with E-state index in [1.54, 1.807) is 6.21 Å². The number of hydrogen-bond donors (Lipinski definition) is 1. The number of rotatable bonds is 3. The first-order chi connectivity index (χ1) is 12.5. The molecule has 2 atom stereocenters. The zero-order valence-electron chi connectivity index (χ0n) is 17.6. The van der Waals surface area contributed by atoms with Crippen molar-refractivity contribution in [3.63, 3.8) is 0 Å². The third kappa shape index (κ3) is 3.46. The number of hydrogen-bond acceptors (Lipinski definition) is 2. The molecule has 4 saturated carbocycles. The zero-order valence-corrected chi connectivity index (χ0v) is 17.6. The van der Waals surface area contributed by atoms with Crippen LogP contribution >= 0.6 is 0 Å². The van der Waals surface area contributed by atoms with Crippen molar-refractivity contribution in [1.29, 1.82) is 0 Å². The molecule has 0 aromatic heterocycles. The lowest BCUT2D eigenvalue weighted by Gasteiger charge is -2.64.